The van der Waals surface area contributed by atoms with Gasteiger partial charge in [0.2, 0.25) is 5.91 Å². The Labute approximate surface area is 195 Å². The van der Waals surface area contributed by atoms with E-state index in [-0.39, 0.29) is 11.9 Å². The molecular weight excluding hydrogens is 434 g/mol. The second-order valence-electron chi connectivity index (χ2n) is 8.38. The molecule has 8 heteroatoms. The molecule has 3 heterocycles. The van der Waals surface area contributed by atoms with Crippen molar-refractivity contribution in [3.63, 3.8) is 0 Å². The van der Waals surface area contributed by atoms with E-state index in [1.807, 2.05) is 56.3 Å². The van der Waals surface area contributed by atoms with Crippen molar-refractivity contribution in [2.45, 2.75) is 25.3 Å². The first kappa shape index (κ1) is 21.1. The van der Waals surface area contributed by atoms with Crippen LogP contribution in [0.15, 0.2) is 68.4 Å². The zero-order valence-electron chi connectivity index (χ0n) is 18.6. The average molecular weight is 458 g/mol. The van der Waals surface area contributed by atoms with Crippen LogP contribution in [-0.4, -0.2) is 35.7 Å². The third-order valence-corrected chi connectivity index (χ3v) is 7.46. The molecule has 0 radical (unpaired) electrons. The number of nitrogens with two attached hydrogens (primary N) is 1. The summed E-state index contributed by atoms with van der Waals surface area (Å²) < 4.78 is 5.47. The van der Waals surface area contributed by atoms with E-state index in [9.17, 15) is 4.79 Å². The van der Waals surface area contributed by atoms with Gasteiger partial charge in [0.05, 0.1) is 17.3 Å². The number of aromatic nitrogens is 1. The van der Waals surface area contributed by atoms with Crippen molar-refractivity contribution in [1.29, 1.82) is 0 Å². The zero-order chi connectivity index (χ0) is 23.3. The minimum Gasteiger partial charge on any atom is -0.369 e. The highest BCUT2D eigenvalue weighted by Crippen LogP contribution is 2.47. The molecule has 0 saturated carbocycles. The van der Waals surface area contributed by atoms with Crippen molar-refractivity contribution in [1.82, 2.24) is 10.1 Å². The lowest BCUT2D eigenvalue weighted by Gasteiger charge is -2.40. The molecule has 5 rings (SSSR count). The first-order chi connectivity index (χ1) is 15.8. The van der Waals surface area contributed by atoms with Gasteiger partial charge in [0, 0.05) is 17.3 Å². The Kier molecular flexibility index (Phi) is 4.90. The molecule has 0 saturated heterocycles. The van der Waals surface area contributed by atoms with Crippen LogP contribution in [0.25, 0.3) is 22.1 Å². The van der Waals surface area contributed by atoms with Crippen LogP contribution in [0.2, 0.25) is 0 Å². The van der Waals surface area contributed by atoms with Gasteiger partial charge in [0.1, 0.15) is 5.54 Å². The van der Waals surface area contributed by atoms with Crippen molar-refractivity contribution in [3.05, 3.63) is 70.0 Å². The van der Waals surface area contributed by atoms with Crippen LogP contribution in [0.3, 0.4) is 0 Å². The molecule has 2 atom stereocenters. The molecule has 33 heavy (non-hydrogen) atoms. The number of nitrogens with zero attached hydrogens (tertiary/aromatic N) is 4. The van der Waals surface area contributed by atoms with E-state index in [0.717, 1.165) is 38.3 Å². The van der Waals surface area contributed by atoms with Crippen LogP contribution >= 0.6 is 11.3 Å². The summed E-state index contributed by atoms with van der Waals surface area (Å²) >= 11 is 1.56. The molecule has 2 aromatic carbocycles. The van der Waals surface area contributed by atoms with Gasteiger partial charge in [-0.15, -0.1) is 11.3 Å². The number of hydrogen-bond donors (Lipinski definition) is 1. The summed E-state index contributed by atoms with van der Waals surface area (Å²) in [5, 5.41) is 7.04. The van der Waals surface area contributed by atoms with Crippen molar-refractivity contribution in [3.8, 4) is 11.1 Å². The first-order valence-electron chi connectivity index (χ1n) is 10.5. The molecule has 1 aliphatic rings. The fourth-order valence-electron chi connectivity index (χ4n) is 4.39. The Morgan fingerprint density at radius 1 is 1.21 bits per heavy atom. The van der Waals surface area contributed by atoms with Crippen molar-refractivity contribution >= 4 is 46.6 Å². The van der Waals surface area contributed by atoms with E-state index in [1.54, 1.807) is 18.4 Å². The van der Waals surface area contributed by atoms with Crippen LogP contribution in [0, 0.1) is 6.92 Å². The Bertz CT molecular complexity index is 1440. The minimum atomic E-state index is -0.881. The third-order valence-electron chi connectivity index (χ3n) is 6.30. The molecule has 1 aliphatic heterocycles. The molecule has 7 nitrogen and oxygen atoms in total. The van der Waals surface area contributed by atoms with E-state index in [1.165, 1.54) is 4.90 Å². The number of aliphatic imine (C=N–C) groups is 2. The number of rotatable bonds is 4. The summed E-state index contributed by atoms with van der Waals surface area (Å²) in [7, 11) is 1.65. The van der Waals surface area contributed by atoms with Crippen molar-refractivity contribution in [2.24, 2.45) is 15.7 Å². The second-order valence-corrected chi connectivity index (χ2v) is 9.29. The number of thiophene rings is 1. The summed E-state index contributed by atoms with van der Waals surface area (Å²) in [6.45, 7) is 7.47. The fraction of sp³-hybridized carbons (Fsp3) is 0.200. The lowest BCUT2D eigenvalue weighted by molar-refractivity contribution is -0.130. The average Bonchev–Trinajstić information content (AvgIpc) is 3.45. The summed E-state index contributed by atoms with van der Waals surface area (Å²) in [6.07, 6.45) is 0. The molecule has 0 fully saturated rings. The maximum atomic E-state index is 13.5. The molecule has 0 bridgehead atoms. The Morgan fingerprint density at radius 3 is 2.82 bits per heavy atom. The number of carbonyl (C=O) groups excluding carboxylic acids is 1. The van der Waals surface area contributed by atoms with E-state index >= 15 is 0 Å². The fourth-order valence-corrected chi connectivity index (χ4v) is 5.44. The van der Waals surface area contributed by atoms with Crippen molar-refractivity contribution in [2.75, 3.05) is 7.05 Å². The van der Waals surface area contributed by atoms with Crippen LogP contribution in [0.4, 0.5) is 5.69 Å². The highest BCUT2D eigenvalue weighted by atomic mass is 32.1. The summed E-state index contributed by atoms with van der Waals surface area (Å²) in [5.74, 6) is -0.492. The number of hydrogen-bond acceptors (Lipinski definition) is 7. The monoisotopic (exact) mass is 457 g/mol. The van der Waals surface area contributed by atoms with E-state index in [2.05, 4.69) is 28.3 Å². The highest BCUT2D eigenvalue weighted by Gasteiger charge is 2.48. The Morgan fingerprint density at radius 2 is 2.03 bits per heavy atom. The van der Waals surface area contributed by atoms with E-state index in [4.69, 9.17) is 15.2 Å². The van der Waals surface area contributed by atoms with Crippen LogP contribution in [0.1, 0.15) is 29.0 Å². The van der Waals surface area contributed by atoms with Gasteiger partial charge in [-0.1, -0.05) is 23.4 Å². The predicted molar refractivity (Wildman–Crippen MR) is 132 cm³/mol. The van der Waals surface area contributed by atoms with Gasteiger partial charge in [0.15, 0.2) is 11.5 Å². The molecule has 0 unspecified atom stereocenters. The molecule has 166 valence electrons. The zero-order valence-corrected chi connectivity index (χ0v) is 19.4. The second kappa shape index (κ2) is 7.67. The number of aryl methyl sites for hydroxylation is 1. The number of likely N-dealkylation sites (N-methyl/N-ethyl adjacent to an activating group) is 1. The van der Waals surface area contributed by atoms with Crippen LogP contribution < -0.4 is 5.73 Å². The van der Waals surface area contributed by atoms with Crippen LogP contribution in [0.5, 0.6) is 0 Å². The van der Waals surface area contributed by atoms with Gasteiger partial charge in [-0.25, -0.2) is 4.99 Å². The SMILES string of the molecule is C=Nc1cccc(-c2csc([C@@]3(C)N=C(N)N(C)C(=O)[C@@H]3c3ccc4c(C)noc4c3)c2)c1. The van der Waals surface area contributed by atoms with E-state index in [0.29, 0.717) is 5.58 Å². The van der Waals surface area contributed by atoms with E-state index < -0.39 is 11.5 Å². The van der Waals surface area contributed by atoms with Gasteiger partial charge in [0.25, 0.3) is 0 Å². The van der Waals surface area contributed by atoms with Gasteiger partial charge in [-0.05, 0) is 73.0 Å². The molecule has 2 N–H and O–H groups in total. The van der Waals surface area contributed by atoms with Gasteiger partial charge in [-0.2, -0.15) is 0 Å². The summed E-state index contributed by atoms with van der Waals surface area (Å²) in [4.78, 5) is 24.7. The first-order valence-corrected chi connectivity index (χ1v) is 11.3. The number of fused-ring (bicyclic) bond motifs is 1. The summed E-state index contributed by atoms with van der Waals surface area (Å²) in [5.41, 5.74) is 10.4. The largest absolute Gasteiger partial charge is 0.369 e. The Balaban J connectivity index is 1.64. The quantitative estimate of drug-likeness (QED) is 0.437. The minimum absolute atomic E-state index is 0.117. The molecule has 0 spiro atoms. The molecule has 4 aromatic rings. The van der Waals surface area contributed by atoms with Gasteiger partial charge >= 0.3 is 0 Å². The molecule has 2 aromatic heterocycles. The number of carbonyl (C=O) groups is 1. The summed E-state index contributed by atoms with van der Waals surface area (Å²) in [6, 6.07) is 15.7. The third kappa shape index (κ3) is 3.34. The standard InChI is InChI=1S/C25H23N5O2S/c1-14-19-9-8-16(11-20(19)32-29-14)22-23(31)30(4)24(26)28-25(22,2)21-12-17(13-33-21)15-6-5-7-18(10-15)27-3/h5-13,22H,3H2,1-2,4H3,(H2,26,28)/t22-,25+/m0/s1. The topological polar surface area (TPSA) is 97.1 Å². The normalized spacial score (nSPS) is 20.8. The lowest BCUT2D eigenvalue weighted by atomic mass is 9.77. The Hall–Kier alpha value is -3.78. The number of amides is 1. The van der Waals surface area contributed by atoms with Gasteiger partial charge in [-0.3, -0.25) is 14.7 Å². The molecule has 0 aliphatic carbocycles. The van der Waals surface area contributed by atoms with Gasteiger partial charge < -0.3 is 10.3 Å². The number of benzene rings is 2. The highest BCUT2D eigenvalue weighted by molar-refractivity contribution is 7.10. The van der Waals surface area contributed by atoms with Crippen molar-refractivity contribution < 1.29 is 9.32 Å². The predicted octanol–water partition coefficient (Wildman–Crippen LogP) is 4.98. The van der Waals surface area contributed by atoms with Crippen LogP contribution in [-0.2, 0) is 10.3 Å². The smallest absolute Gasteiger partial charge is 0.239 e. The number of guanidine groups is 1. The maximum absolute atomic E-state index is 13.5. The molecular formula is C25H23N5O2S. The lowest BCUT2D eigenvalue weighted by Crippen LogP contribution is -2.52. The maximum Gasteiger partial charge on any atom is 0.239 e. The molecule has 1 amide bonds.